The summed E-state index contributed by atoms with van der Waals surface area (Å²) in [7, 11) is 0. The topological polar surface area (TPSA) is 106 Å². The number of carbonyl (C=O) groups excluding carboxylic acids is 1. The zero-order chi connectivity index (χ0) is 19.7. The molecular weight excluding hydrogens is 378 g/mol. The zero-order valence-corrected chi connectivity index (χ0v) is 16.0. The Morgan fingerprint density at radius 3 is 2.86 bits per heavy atom. The molecule has 28 heavy (non-hydrogen) atoms. The van der Waals surface area contributed by atoms with Crippen LogP contribution in [0.3, 0.4) is 0 Å². The average molecular weight is 395 g/mol. The molecule has 0 aliphatic carbocycles. The van der Waals surface area contributed by atoms with Crippen molar-refractivity contribution >= 4 is 23.1 Å². The number of thiophene rings is 1. The number of nitrogens with zero attached hydrogens (tertiary/aromatic N) is 3. The SMILES string of the molecule is CCc1c(C)nc(-n2nc(-c3cccs3)cc2NC(=O)c2ccco2)[nH]c1=O. The molecular formula is C19H17N5O3S. The van der Waals surface area contributed by atoms with E-state index < -0.39 is 5.91 Å². The van der Waals surface area contributed by atoms with Gasteiger partial charge >= 0.3 is 0 Å². The van der Waals surface area contributed by atoms with Crippen LogP contribution in [-0.4, -0.2) is 25.7 Å². The smallest absolute Gasteiger partial charge is 0.292 e. The Kier molecular flexibility index (Phi) is 4.66. The molecule has 9 heteroatoms. The standard InChI is InChI=1S/C19H17N5O3S/c1-3-12-11(2)20-19(22-17(12)25)24-16(21-18(26)14-6-4-8-27-14)10-13(23-24)15-7-5-9-28-15/h4-10H,3H2,1-2H3,(H,21,26)(H,20,22,25). The number of furan rings is 1. The predicted octanol–water partition coefficient (Wildman–Crippen LogP) is 3.40. The van der Waals surface area contributed by atoms with Crippen molar-refractivity contribution in [3.05, 3.63) is 69.3 Å². The molecule has 0 unspecified atom stereocenters. The fourth-order valence-electron chi connectivity index (χ4n) is 2.87. The molecule has 1 amide bonds. The van der Waals surface area contributed by atoms with E-state index >= 15 is 0 Å². The first kappa shape index (κ1) is 17.9. The maximum atomic E-state index is 12.5. The van der Waals surface area contributed by atoms with Crippen LogP contribution in [0.1, 0.15) is 28.7 Å². The second kappa shape index (κ2) is 7.28. The number of nitrogens with one attached hydrogen (secondary N) is 2. The van der Waals surface area contributed by atoms with Crippen molar-refractivity contribution in [2.24, 2.45) is 0 Å². The Bertz CT molecular complexity index is 1170. The number of aromatic amines is 1. The lowest BCUT2D eigenvalue weighted by Crippen LogP contribution is -2.21. The Morgan fingerprint density at radius 2 is 2.21 bits per heavy atom. The zero-order valence-electron chi connectivity index (χ0n) is 15.2. The maximum Gasteiger partial charge on any atom is 0.292 e. The first-order valence-corrected chi connectivity index (χ1v) is 9.53. The van der Waals surface area contributed by atoms with Crippen molar-refractivity contribution in [2.45, 2.75) is 20.3 Å². The van der Waals surface area contributed by atoms with Gasteiger partial charge in [0.25, 0.3) is 11.5 Å². The van der Waals surface area contributed by atoms with Gasteiger partial charge in [0, 0.05) is 17.3 Å². The molecule has 2 N–H and O–H groups in total. The molecule has 0 saturated heterocycles. The molecule has 4 heterocycles. The van der Waals surface area contributed by atoms with Crippen molar-refractivity contribution in [3.63, 3.8) is 0 Å². The Balaban J connectivity index is 1.81. The van der Waals surface area contributed by atoms with E-state index in [-0.39, 0.29) is 17.3 Å². The molecule has 0 saturated carbocycles. The van der Waals surface area contributed by atoms with Crippen molar-refractivity contribution < 1.29 is 9.21 Å². The van der Waals surface area contributed by atoms with Crippen LogP contribution >= 0.6 is 11.3 Å². The van der Waals surface area contributed by atoms with Gasteiger partial charge in [0.05, 0.1) is 11.1 Å². The minimum atomic E-state index is -0.423. The van der Waals surface area contributed by atoms with E-state index in [1.807, 2.05) is 24.4 Å². The van der Waals surface area contributed by atoms with Gasteiger partial charge in [-0.15, -0.1) is 11.3 Å². The highest BCUT2D eigenvalue weighted by Crippen LogP contribution is 2.27. The van der Waals surface area contributed by atoms with Crippen LogP contribution in [0.5, 0.6) is 0 Å². The third-order valence-electron chi connectivity index (χ3n) is 4.23. The van der Waals surface area contributed by atoms with Gasteiger partial charge in [0.1, 0.15) is 11.5 Å². The molecule has 0 radical (unpaired) electrons. The van der Waals surface area contributed by atoms with Gasteiger partial charge in [-0.25, -0.2) is 4.98 Å². The molecule has 4 rings (SSSR count). The van der Waals surface area contributed by atoms with Crippen LogP contribution < -0.4 is 10.9 Å². The van der Waals surface area contributed by atoms with Crippen molar-refractivity contribution in [3.8, 4) is 16.5 Å². The largest absolute Gasteiger partial charge is 0.459 e. The maximum absolute atomic E-state index is 12.5. The fourth-order valence-corrected chi connectivity index (χ4v) is 3.56. The summed E-state index contributed by atoms with van der Waals surface area (Å²) in [6, 6.07) is 8.78. The second-order valence-electron chi connectivity index (χ2n) is 6.04. The van der Waals surface area contributed by atoms with Gasteiger partial charge < -0.3 is 9.73 Å². The first-order valence-electron chi connectivity index (χ1n) is 8.65. The van der Waals surface area contributed by atoms with Crippen LogP contribution in [0.2, 0.25) is 0 Å². The number of amides is 1. The van der Waals surface area contributed by atoms with Crippen LogP contribution in [0.4, 0.5) is 5.82 Å². The third-order valence-corrected chi connectivity index (χ3v) is 5.13. The Hall–Kier alpha value is -3.46. The van der Waals surface area contributed by atoms with Crippen LogP contribution in [0.15, 0.2) is 51.2 Å². The Morgan fingerprint density at radius 1 is 1.36 bits per heavy atom. The average Bonchev–Trinajstić information content (AvgIpc) is 3.42. The fraction of sp³-hybridized carbons (Fsp3) is 0.158. The molecule has 4 aromatic heterocycles. The molecule has 0 atom stereocenters. The summed E-state index contributed by atoms with van der Waals surface area (Å²) in [4.78, 5) is 33.0. The number of H-pyrrole nitrogens is 1. The number of aryl methyl sites for hydroxylation is 1. The van der Waals surface area contributed by atoms with Crippen LogP contribution in [0.25, 0.3) is 16.5 Å². The molecule has 0 aliphatic rings. The lowest BCUT2D eigenvalue weighted by atomic mass is 10.2. The quantitative estimate of drug-likeness (QED) is 0.539. The monoisotopic (exact) mass is 395 g/mol. The normalized spacial score (nSPS) is 10.9. The summed E-state index contributed by atoms with van der Waals surface area (Å²) in [5, 5.41) is 9.26. The number of hydrogen-bond donors (Lipinski definition) is 2. The number of hydrogen-bond acceptors (Lipinski definition) is 6. The van der Waals surface area contributed by atoms with Crippen LogP contribution in [0, 0.1) is 6.92 Å². The van der Waals surface area contributed by atoms with Gasteiger partial charge in [0.2, 0.25) is 5.95 Å². The second-order valence-corrected chi connectivity index (χ2v) is 6.99. The number of carbonyl (C=O) groups is 1. The predicted molar refractivity (Wildman–Crippen MR) is 106 cm³/mol. The molecule has 0 fully saturated rings. The van der Waals surface area contributed by atoms with E-state index in [4.69, 9.17) is 4.42 Å². The summed E-state index contributed by atoms with van der Waals surface area (Å²) in [5.74, 6) is 0.353. The lowest BCUT2D eigenvalue weighted by Gasteiger charge is -2.09. The molecule has 0 aliphatic heterocycles. The van der Waals surface area contributed by atoms with Gasteiger partial charge in [-0.3, -0.25) is 14.6 Å². The highest BCUT2D eigenvalue weighted by atomic mass is 32.1. The van der Waals surface area contributed by atoms with Crippen molar-refractivity contribution in [1.29, 1.82) is 0 Å². The summed E-state index contributed by atoms with van der Waals surface area (Å²) in [5.41, 5.74) is 1.68. The third kappa shape index (κ3) is 3.27. The van der Waals surface area contributed by atoms with E-state index in [9.17, 15) is 9.59 Å². The summed E-state index contributed by atoms with van der Waals surface area (Å²) < 4.78 is 6.57. The first-order chi connectivity index (χ1) is 13.6. The minimum absolute atomic E-state index is 0.171. The van der Waals surface area contributed by atoms with Crippen LogP contribution in [-0.2, 0) is 6.42 Å². The molecule has 0 spiro atoms. The van der Waals surface area contributed by atoms with E-state index in [2.05, 4.69) is 20.4 Å². The number of rotatable bonds is 5. The molecule has 4 aromatic rings. The summed E-state index contributed by atoms with van der Waals surface area (Å²) >= 11 is 1.52. The van der Waals surface area contributed by atoms with Gasteiger partial charge in [-0.1, -0.05) is 13.0 Å². The highest BCUT2D eigenvalue weighted by molar-refractivity contribution is 7.13. The van der Waals surface area contributed by atoms with Gasteiger partial charge in [-0.2, -0.15) is 9.78 Å². The van der Waals surface area contributed by atoms with Gasteiger partial charge in [-0.05, 0) is 36.9 Å². The van der Waals surface area contributed by atoms with Gasteiger partial charge in [0.15, 0.2) is 5.76 Å². The van der Waals surface area contributed by atoms with E-state index in [0.29, 0.717) is 29.2 Å². The molecule has 0 aromatic carbocycles. The number of anilines is 1. The summed E-state index contributed by atoms with van der Waals surface area (Å²) in [6.45, 7) is 3.68. The lowest BCUT2D eigenvalue weighted by molar-refractivity contribution is 0.0996. The van der Waals surface area contributed by atoms with Crippen molar-refractivity contribution in [2.75, 3.05) is 5.32 Å². The van der Waals surface area contributed by atoms with E-state index in [0.717, 1.165) is 4.88 Å². The highest BCUT2D eigenvalue weighted by Gasteiger charge is 2.18. The molecule has 142 valence electrons. The molecule has 0 bridgehead atoms. The van der Waals surface area contributed by atoms with E-state index in [1.54, 1.807) is 25.1 Å². The summed E-state index contributed by atoms with van der Waals surface area (Å²) in [6.07, 6.45) is 2.01. The van der Waals surface area contributed by atoms with E-state index in [1.165, 1.54) is 22.3 Å². The Labute approximate surface area is 163 Å². The minimum Gasteiger partial charge on any atom is -0.459 e. The number of aromatic nitrogens is 4. The van der Waals surface area contributed by atoms with Crippen molar-refractivity contribution in [1.82, 2.24) is 19.7 Å². The molecule has 8 nitrogen and oxygen atoms in total.